The molecule has 3 aromatic rings. The monoisotopic (exact) mass is 483 g/mol. The third-order valence-electron chi connectivity index (χ3n) is 3.81. The normalized spacial score (nSPS) is 13.1. The van der Waals surface area contributed by atoms with E-state index < -0.39 is 55.0 Å². The number of alkyl halides is 3. The van der Waals surface area contributed by atoms with E-state index in [1.165, 1.54) is 23.7 Å². The first kappa shape index (κ1) is 22.2. The van der Waals surface area contributed by atoms with Crippen LogP contribution in [0.15, 0.2) is 52.9 Å². The van der Waals surface area contributed by atoms with Crippen molar-refractivity contribution in [3.63, 3.8) is 0 Å². The predicted molar refractivity (Wildman–Crippen MR) is 103 cm³/mol. The van der Waals surface area contributed by atoms with Crippen molar-refractivity contribution in [3.8, 4) is 0 Å². The fourth-order valence-corrected chi connectivity index (χ4v) is 4.65. The summed E-state index contributed by atoms with van der Waals surface area (Å²) in [6.45, 7) is 0. The molecule has 0 aliphatic rings. The maximum Gasteiger partial charge on any atom is 0.412 e. The van der Waals surface area contributed by atoms with Crippen LogP contribution in [-0.2, 0) is 10.0 Å². The zero-order valence-electron chi connectivity index (χ0n) is 14.5. The molecule has 0 aliphatic heterocycles. The first-order valence-corrected chi connectivity index (χ1v) is 10.7. The van der Waals surface area contributed by atoms with Crippen molar-refractivity contribution in [1.29, 1.82) is 0 Å². The standard InChI is InChI=1S/C17H11ClF5N3O2S2/c18-10-7-14(30(27,28)26-16-24-5-6-29-16)12(20)8-13(10)25-15(17(21,22)23)9-3-1-2-4-11(9)19/h1-8,15,25H,(H,24,26). The Hall–Kier alpha value is -2.44. The lowest BCUT2D eigenvalue weighted by molar-refractivity contribution is -0.144. The van der Waals surface area contributed by atoms with Crippen LogP contribution in [0, 0.1) is 11.6 Å². The summed E-state index contributed by atoms with van der Waals surface area (Å²) >= 11 is 6.85. The Balaban J connectivity index is 1.97. The highest BCUT2D eigenvalue weighted by molar-refractivity contribution is 7.93. The second-order valence-corrected chi connectivity index (χ2v) is 8.80. The van der Waals surface area contributed by atoms with Crippen LogP contribution < -0.4 is 10.0 Å². The molecule has 1 heterocycles. The van der Waals surface area contributed by atoms with E-state index in [1.807, 2.05) is 10.0 Å². The Morgan fingerprint density at radius 1 is 1.10 bits per heavy atom. The van der Waals surface area contributed by atoms with Gasteiger partial charge >= 0.3 is 6.18 Å². The molecule has 13 heteroatoms. The molecule has 0 saturated carbocycles. The number of sulfonamides is 1. The van der Waals surface area contributed by atoms with Gasteiger partial charge in [0.25, 0.3) is 10.0 Å². The van der Waals surface area contributed by atoms with Crippen LogP contribution in [0.5, 0.6) is 0 Å². The number of nitrogens with zero attached hydrogens (tertiary/aromatic N) is 1. The molecular weight excluding hydrogens is 473 g/mol. The number of benzene rings is 2. The highest BCUT2D eigenvalue weighted by Crippen LogP contribution is 2.39. The molecule has 3 rings (SSSR count). The van der Waals surface area contributed by atoms with Gasteiger partial charge < -0.3 is 5.32 Å². The van der Waals surface area contributed by atoms with E-state index in [0.29, 0.717) is 12.1 Å². The summed E-state index contributed by atoms with van der Waals surface area (Å²) in [4.78, 5) is 2.82. The molecule has 2 N–H and O–H groups in total. The maximum absolute atomic E-state index is 14.5. The molecule has 0 amide bonds. The van der Waals surface area contributed by atoms with Crippen LogP contribution in [0.3, 0.4) is 0 Å². The molecule has 0 saturated heterocycles. The van der Waals surface area contributed by atoms with Gasteiger partial charge in [0.1, 0.15) is 16.5 Å². The molecule has 30 heavy (non-hydrogen) atoms. The van der Waals surface area contributed by atoms with Gasteiger partial charge in [-0.2, -0.15) is 13.2 Å². The average molecular weight is 484 g/mol. The third-order valence-corrected chi connectivity index (χ3v) is 6.29. The summed E-state index contributed by atoms with van der Waals surface area (Å²) in [5.74, 6) is -2.49. The fourth-order valence-electron chi connectivity index (χ4n) is 2.49. The summed E-state index contributed by atoms with van der Waals surface area (Å²) in [5, 5.41) is 2.88. The Morgan fingerprint density at radius 2 is 1.80 bits per heavy atom. The Bertz CT molecular complexity index is 1150. The van der Waals surface area contributed by atoms with E-state index >= 15 is 0 Å². The van der Waals surface area contributed by atoms with Crippen molar-refractivity contribution < 1.29 is 30.4 Å². The lowest BCUT2D eigenvalue weighted by Gasteiger charge is -2.24. The van der Waals surface area contributed by atoms with E-state index in [-0.39, 0.29) is 5.13 Å². The highest BCUT2D eigenvalue weighted by Gasteiger charge is 2.42. The third kappa shape index (κ3) is 4.82. The molecule has 0 fully saturated rings. The highest BCUT2D eigenvalue weighted by atomic mass is 35.5. The molecule has 0 radical (unpaired) electrons. The van der Waals surface area contributed by atoms with Crippen molar-refractivity contribution in [3.05, 3.63) is 70.2 Å². The summed E-state index contributed by atoms with van der Waals surface area (Å²) in [7, 11) is -4.44. The van der Waals surface area contributed by atoms with E-state index in [0.717, 1.165) is 23.5 Å². The minimum absolute atomic E-state index is 0.0376. The summed E-state index contributed by atoms with van der Waals surface area (Å²) in [6.07, 6.45) is -3.64. The van der Waals surface area contributed by atoms with Crippen molar-refractivity contribution in [1.82, 2.24) is 4.98 Å². The van der Waals surface area contributed by atoms with Crippen LogP contribution in [0.25, 0.3) is 0 Å². The van der Waals surface area contributed by atoms with Crippen LogP contribution in [0.1, 0.15) is 11.6 Å². The largest absolute Gasteiger partial charge is 0.412 e. The second kappa shape index (κ2) is 8.36. The molecular formula is C17H11ClF5N3O2S2. The maximum atomic E-state index is 14.5. The average Bonchev–Trinajstić information content (AvgIpc) is 3.14. The van der Waals surface area contributed by atoms with E-state index in [9.17, 15) is 30.4 Å². The first-order chi connectivity index (χ1) is 14.0. The van der Waals surface area contributed by atoms with Gasteiger partial charge in [0, 0.05) is 17.1 Å². The number of hydrogen-bond acceptors (Lipinski definition) is 5. The van der Waals surface area contributed by atoms with Gasteiger partial charge in [-0.25, -0.2) is 22.2 Å². The van der Waals surface area contributed by atoms with Gasteiger partial charge in [0.05, 0.1) is 10.7 Å². The van der Waals surface area contributed by atoms with Gasteiger partial charge in [-0.15, -0.1) is 11.3 Å². The number of hydrogen-bond donors (Lipinski definition) is 2. The van der Waals surface area contributed by atoms with E-state index in [2.05, 4.69) is 4.98 Å². The van der Waals surface area contributed by atoms with Gasteiger partial charge in [0.15, 0.2) is 11.2 Å². The van der Waals surface area contributed by atoms with Crippen LogP contribution >= 0.6 is 22.9 Å². The van der Waals surface area contributed by atoms with Gasteiger partial charge in [-0.1, -0.05) is 29.8 Å². The summed E-state index contributed by atoms with van der Waals surface area (Å²) in [5.41, 5.74) is -1.29. The molecule has 1 atom stereocenters. The number of anilines is 2. The van der Waals surface area contributed by atoms with E-state index in [4.69, 9.17) is 11.6 Å². The lowest BCUT2D eigenvalue weighted by Crippen LogP contribution is -2.29. The second-order valence-electron chi connectivity index (χ2n) is 5.85. The predicted octanol–water partition coefficient (Wildman–Crippen LogP) is 5.59. The smallest absolute Gasteiger partial charge is 0.369 e. The van der Waals surface area contributed by atoms with Crippen LogP contribution in [0.2, 0.25) is 5.02 Å². The molecule has 160 valence electrons. The number of rotatable bonds is 6. The quantitative estimate of drug-likeness (QED) is 0.448. The van der Waals surface area contributed by atoms with Crippen molar-refractivity contribution in [2.45, 2.75) is 17.1 Å². The Labute approximate surface area is 176 Å². The van der Waals surface area contributed by atoms with Crippen molar-refractivity contribution >= 4 is 43.8 Å². The number of halogens is 6. The molecule has 0 bridgehead atoms. The summed E-state index contributed by atoms with van der Waals surface area (Å²) < 4.78 is 95.6. The van der Waals surface area contributed by atoms with Crippen LogP contribution in [-0.4, -0.2) is 19.6 Å². The van der Waals surface area contributed by atoms with Gasteiger partial charge in [0.2, 0.25) is 0 Å². The zero-order chi connectivity index (χ0) is 22.1. The first-order valence-electron chi connectivity index (χ1n) is 7.98. The van der Waals surface area contributed by atoms with Crippen LogP contribution in [0.4, 0.5) is 32.8 Å². The number of nitrogens with one attached hydrogen (secondary N) is 2. The van der Waals surface area contributed by atoms with Crippen molar-refractivity contribution in [2.24, 2.45) is 0 Å². The Kier molecular flexibility index (Phi) is 6.20. The zero-order valence-corrected chi connectivity index (χ0v) is 16.9. The van der Waals surface area contributed by atoms with E-state index in [1.54, 1.807) is 0 Å². The Morgan fingerprint density at radius 3 is 2.40 bits per heavy atom. The molecule has 0 spiro atoms. The van der Waals surface area contributed by atoms with Gasteiger partial charge in [-0.3, -0.25) is 4.72 Å². The molecule has 0 aliphatic carbocycles. The summed E-state index contributed by atoms with van der Waals surface area (Å²) in [6, 6.07) is 2.79. The molecule has 1 unspecified atom stereocenters. The van der Waals surface area contributed by atoms with Crippen molar-refractivity contribution in [2.75, 3.05) is 10.0 Å². The minimum Gasteiger partial charge on any atom is -0.369 e. The number of aromatic nitrogens is 1. The number of thiazole rings is 1. The fraction of sp³-hybridized carbons (Fsp3) is 0.118. The molecule has 5 nitrogen and oxygen atoms in total. The lowest BCUT2D eigenvalue weighted by atomic mass is 10.1. The van der Waals surface area contributed by atoms with Gasteiger partial charge in [-0.05, 0) is 18.2 Å². The minimum atomic E-state index is -4.96. The SMILES string of the molecule is O=S(=O)(Nc1nccs1)c1cc(Cl)c(NC(c2ccccc2F)C(F)(F)F)cc1F. The molecule has 2 aromatic carbocycles. The topological polar surface area (TPSA) is 71.1 Å². The molecule has 1 aromatic heterocycles.